The summed E-state index contributed by atoms with van der Waals surface area (Å²) in [7, 11) is 0. The Hall–Kier alpha value is -4.31. The summed E-state index contributed by atoms with van der Waals surface area (Å²) in [5.41, 5.74) is 1.99. The van der Waals surface area contributed by atoms with Gasteiger partial charge in [0.2, 0.25) is 5.91 Å². The third kappa shape index (κ3) is 10.5. The van der Waals surface area contributed by atoms with E-state index in [4.69, 9.17) is 21.8 Å². The minimum atomic E-state index is -1.26. The summed E-state index contributed by atoms with van der Waals surface area (Å²) < 4.78 is 0. The number of nitrogens with one attached hydrogen (secondary N) is 2. The fourth-order valence-corrected chi connectivity index (χ4v) is 3.18. The summed E-state index contributed by atoms with van der Waals surface area (Å²) in [6, 6.07) is 22.8. The number of ketones is 1. The average molecular weight is 525 g/mol. The van der Waals surface area contributed by atoms with Gasteiger partial charge in [0.1, 0.15) is 0 Å². The van der Waals surface area contributed by atoms with Crippen molar-refractivity contribution in [2.24, 2.45) is 0 Å². The highest BCUT2D eigenvalue weighted by molar-refractivity contribution is 6.31. The molecule has 0 saturated heterocycles. The number of amides is 1. The molecule has 9 nitrogen and oxygen atoms in total. The van der Waals surface area contributed by atoms with Crippen LogP contribution in [0.3, 0.4) is 0 Å². The van der Waals surface area contributed by atoms with Crippen LogP contribution in [0.4, 0.5) is 5.69 Å². The predicted octanol–water partition coefficient (Wildman–Crippen LogP) is 3.54. The van der Waals surface area contributed by atoms with Gasteiger partial charge in [0.05, 0.1) is 18.3 Å². The first-order chi connectivity index (χ1) is 17.7. The predicted molar refractivity (Wildman–Crippen MR) is 139 cm³/mol. The van der Waals surface area contributed by atoms with Gasteiger partial charge in [-0.15, -0.1) is 0 Å². The van der Waals surface area contributed by atoms with E-state index < -0.39 is 18.0 Å². The number of aliphatic carboxylic acids is 2. The van der Waals surface area contributed by atoms with Crippen molar-refractivity contribution in [1.29, 1.82) is 0 Å². The Morgan fingerprint density at radius 3 is 1.97 bits per heavy atom. The van der Waals surface area contributed by atoms with E-state index in [2.05, 4.69) is 10.6 Å². The van der Waals surface area contributed by atoms with Gasteiger partial charge in [0, 0.05) is 34.8 Å². The summed E-state index contributed by atoms with van der Waals surface area (Å²) >= 11 is 6.06. The van der Waals surface area contributed by atoms with Gasteiger partial charge in [0.25, 0.3) is 0 Å². The van der Waals surface area contributed by atoms with Gasteiger partial charge in [-0.25, -0.2) is 9.59 Å². The molecule has 0 heterocycles. The third-order valence-electron chi connectivity index (χ3n) is 4.71. The Balaban J connectivity index is 0.000000521. The molecule has 0 radical (unpaired) electrons. The molecule has 0 saturated carbocycles. The number of carboxylic acids is 2. The molecular formula is C27H25ClN2O7. The largest absolute Gasteiger partial charge is 0.478 e. The first-order valence-corrected chi connectivity index (χ1v) is 11.3. The Morgan fingerprint density at radius 1 is 0.838 bits per heavy atom. The molecule has 1 unspecified atom stereocenters. The maximum absolute atomic E-state index is 12.8. The fourth-order valence-electron chi connectivity index (χ4n) is 3.01. The van der Waals surface area contributed by atoms with Crippen molar-refractivity contribution >= 4 is 40.9 Å². The SMILES string of the molecule is O=C(CNCC(O)c1ccccc1)Nc1ccc(Cl)cc1C(=O)c1ccccc1.O=C(O)C=CC(=O)O. The van der Waals surface area contributed by atoms with Crippen LogP contribution in [-0.4, -0.2) is 52.0 Å². The summed E-state index contributed by atoms with van der Waals surface area (Å²) in [5.74, 6) is -3.06. The first-order valence-electron chi connectivity index (χ1n) is 10.9. The van der Waals surface area contributed by atoms with Crippen LogP contribution in [0.5, 0.6) is 0 Å². The number of rotatable bonds is 10. The Kier molecular flexibility index (Phi) is 11.7. The van der Waals surface area contributed by atoms with Gasteiger partial charge >= 0.3 is 11.9 Å². The van der Waals surface area contributed by atoms with E-state index in [1.165, 1.54) is 0 Å². The number of aliphatic hydroxyl groups excluding tert-OH is 1. The number of halogens is 1. The smallest absolute Gasteiger partial charge is 0.328 e. The first kappa shape index (κ1) is 28.9. The van der Waals surface area contributed by atoms with E-state index in [-0.39, 0.29) is 24.8 Å². The number of carbonyl (C=O) groups is 4. The third-order valence-corrected chi connectivity index (χ3v) is 4.95. The molecule has 1 amide bonds. The molecule has 3 aromatic rings. The maximum atomic E-state index is 12.8. The highest BCUT2D eigenvalue weighted by Gasteiger charge is 2.16. The second-order valence-corrected chi connectivity index (χ2v) is 7.94. The summed E-state index contributed by atoms with van der Waals surface area (Å²) in [6.45, 7) is 0.222. The van der Waals surface area contributed by atoms with E-state index in [9.17, 15) is 24.3 Å². The van der Waals surface area contributed by atoms with Gasteiger partial charge in [-0.05, 0) is 23.8 Å². The normalized spacial score (nSPS) is 11.2. The molecular weight excluding hydrogens is 500 g/mol. The molecule has 10 heteroatoms. The highest BCUT2D eigenvalue weighted by Crippen LogP contribution is 2.23. The van der Waals surface area contributed by atoms with Gasteiger partial charge in [-0.3, -0.25) is 9.59 Å². The summed E-state index contributed by atoms with van der Waals surface area (Å²) in [5, 5.41) is 31.8. The Bertz CT molecular complexity index is 1230. The molecule has 3 rings (SSSR count). The lowest BCUT2D eigenvalue weighted by Crippen LogP contribution is -2.31. The highest BCUT2D eigenvalue weighted by atomic mass is 35.5. The van der Waals surface area contributed by atoms with Crippen molar-refractivity contribution in [1.82, 2.24) is 5.32 Å². The molecule has 0 aliphatic heterocycles. The van der Waals surface area contributed by atoms with Crippen molar-refractivity contribution in [2.45, 2.75) is 6.10 Å². The van der Waals surface area contributed by atoms with Crippen LogP contribution in [0.1, 0.15) is 27.6 Å². The number of carboxylic acid groups (broad SMARTS) is 2. The molecule has 192 valence electrons. The molecule has 0 spiro atoms. The van der Waals surface area contributed by atoms with Gasteiger partial charge in [0.15, 0.2) is 5.78 Å². The van der Waals surface area contributed by atoms with Crippen molar-refractivity contribution in [3.63, 3.8) is 0 Å². The fraction of sp³-hybridized carbons (Fsp3) is 0.111. The number of hydrogen-bond acceptors (Lipinski definition) is 6. The standard InChI is InChI=1S/C23H21ClN2O3.C4H4O4/c24-18-11-12-20(19(13-18)23(29)17-9-5-2-6-10-17)26-22(28)15-25-14-21(27)16-7-3-1-4-8-16;5-3(6)1-2-4(7)8/h1-13,21,25,27H,14-15H2,(H,26,28);1-2H,(H,5,6)(H,7,8). The van der Waals surface area contributed by atoms with E-state index in [1.54, 1.807) is 42.5 Å². The summed E-state index contributed by atoms with van der Waals surface area (Å²) in [4.78, 5) is 44.2. The van der Waals surface area contributed by atoms with E-state index in [0.717, 1.165) is 5.56 Å². The van der Waals surface area contributed by atoms with Crippen LogP contribution in [-0.2, 0) is 14.4 Å². The quantitative estimate of drug-likeness (QED) is 0.199. The number of aliphatic hydroxyl groups is 1. The van der Waals surface area contributed by atoms with Gasteiger partial charge < -0.3 is 26.0 Å². The topological polar surface area (TPSA) is 153 Å². The van der Waals surface area contributed by atoms with E-state index in [1.807, 2.05) is 36.4 Å². The Labute approximate surface area is 218 Å². The molecule has 3 aromatic carbocycles. The van der Waals surface area contributed by atoms with Crippen molar-refractivity contribution in [2.75, 3.05) is 18.4 Å². The molecule has 0 bridgehead atoms. The van der Waals surface area contributed by atoms with E-state index >= 15 is 0 Å². The molecule has 5 N–H and O–H groups in total. The molecule has 1 atom stereocenters. The zero-order valence-corrected chi connectivity index (χ0v) is 20.3. The number of carbonyl (C=O) groups excluding carboxylic acids is 2. The van der Waals surface area contributed by atoms with Crippen molar-refractivity contribution in [3.05, 3.63) is 113 Å². The van der Waals surface area contributed by atoms with Crippen LogP contribution in [0.25, 0.3) is 0 Å². The van der Waals surface area contributed by atoms with Gasteiger partial charge in [-0.1, -0.05) is 72.3 Å². The second-order valence-electron chi connectivity index (χ2n) is 7.50. The molecule has 37 heavy (non-hydrogen) atoms. The van der Waals surface area contributed by atoms with Crippen LogP contribution in [0, 0.1) is 0 Å². The lowest BCUT2D eigenvalue weighted by Gasteiger charge is -2.14. The zero-order chi connectivity index (χ0) is 27.2. The van der Waals surface area contributed by atoms with Crippen LogP contribution in [0.2, 0.25) is 5.02 Å². The molecule has 0 fully saturated rings. The minimum Gasteiger partial charge on any atom is -0.478 e. The van der Waals surface area contributed by atoms with Crippen LogP contribution >= 0.6 is 11.6 Å². The number of benzene rings is 3. The van der Waals surface area contributed by atoms with Crippen molar-refractivity contribution < 1.29 is 34.5 Å². The monoisotopic (exact) mass is 524 g/mol. The minimum absolute atomic E-state index is 0.00844. The molecule has 0 aromatic heterocycles. The van der Waals surface area contributed by atoms with Gasteiger partial charge in [-0.2, -0.15) is 0 Å². The van der Waals surface area contributed by atoms with Crippen molar-refractivity contribution in [3.8, 4) is 0 Å². The van der Waals surface area contributed by atoms with Crippen LogP contribution in [0.15, 0.2) is 91.0 Å². The van der Waals surface area contributed by atoms with Crippen LogP contribution < -0.4 is 10.6 Å². The maximum Gasteiger partial charge on any atom is 0.328 e. The second kappa shape index (κ2) is 14.9. The number of anilines is 1. The lowest BCUT2D eigenvalue weighted by molar-refractivity contribution is -0.134. The summed E-state index contributed by atoms with van der Waals surface area (Å²) in [6.07, 6.45) is 0.403. The molecule has 0 aliphatic rings. The van der Waals surface area contributed by atoms with E-state index in [0.29, 0.717) is 34.0 Å². The lowest BCUT2D eigenvalue weighted by atomic mass is 10.0. The number of hydrogen-bond donors (Lipinski definition) is 5. The molecule has 0 aliphatic carbocycles. The zero-order valence-electron chi connectivity index (χ0n) is 19.5. The average Bonchev–Trinajstić information content (AvgIpc) is 2.89. The Morgan fingerprint density at radius 2 is 1.41 bits per heavy atom.